The van der Waals surface area contributed by atoms with Crippen LogP contribution in [0.4, 0.5) is 13.2 Å². The highest BCUT2D eigenvalue weighted by Crippen LogP contribution is 2.47. The third kappa shape index (κ3) is 2.95. The molecule has 1 aliphatic heterocycles. The Morgan fingerprint density at radius 1 is 1.35 bits per heavy atom. The van der Waals surface area contributed by atoms with Gasteiger partial charge in [-0.2, -0.15) is 13.2 Å². The van der Waals surface area contributed by atoms with Crippen molar-refractivity contribution in [3.63, 3.8) is 0 Å². The Morgan fingerprint density at radius 2 is 2.04 bits per heavy atom. The molecular weight excluding hydrogens is 353 g/mol. The Balaban J connectivity index is 2.24. The maximum absolute atomic E-state index is 13.5. The average molecular weight is 368 g/mol. The summed E-state index contributed by atoms with van der Waals surface area (Å²) in [5.74, 6) is -3.57. The number of hydrogen-bond donors (Lipinski definition) is 1. The molecule has 26 heavy (non-hydrogen) atoms. The summed E-state index contributed by atoms with van der Waals surface area (Å²) in [6.07, 6.45) is -4.84. The molecule has 0 bridgehead atoms. The number of cyclic esters (lactones) is 1. The molecule has 0 radical (unpaired) electrons. The van der Waals surface area contributed by atoms with Crippen LogP contribution >= 0.6 is 0 Å². The van der Waals surface area contributed by atoms with Crippen molar-refractivity contribution in [3.8, 4) is 0 Å². The van der Waals surface area contributed by atoms with Crippen LogP contribution in [0.3, 0.4) is 0 Å². The molecule has 0 aromatic heterocycles. The molecule has 1 N–H and O–H groups in total. The summed E-state index contributed by atoms with van der Waals surface area (Å²) in [5, 5.41) is 10.3. The van der Waals surface area contributed by atoms with Crippen molar-refractivity contribution in [2.75, 3.05) is 13.2 Å². The lowest BCUT2D eigenvalue weighted by Crippen LogP contribution is -2.26. The molecule has 0 amide bonds. The second-order valence-corrected chi connectivity index (χ2v) is 5.87. The molecule has 1 aromatic rings. The lowest BCUT2D eigenvalue weighted by molar-refractivity contribution is -0.141. The van der Waals surface area contributed by atoms with Crippen molar-refractivity contribution in [2.24, 2.45) is 0 Å². The highest BCUT2D eigenvalue weighted by Gasteiger charge is 2.46. The third-order valence-electron chi connectivity index (χ3n) is 4.32. The van der Waals surface area contributed by atoms with E-state index in [4.69, 9.17) is 9.47 Å². The van der Waals surface area contributed by atoms with Crippen molar-refractivity contribution in [2.45, 2.75) is 25.4 Å². The van der Waals surface area contributed by atoms with Crippen LogP contribution in [0.5, 0.6) is 0 Å². The third-order valence-corrected chi connectivity index (χ3v) is 4.32. The van der Waals surface area contributed by atoms with E-state index >= 15 is 0 Å². The molecule has 138 valence electrons. The van der Waals surface area contributed by atoms with Crippen LogP contribution < -0.4 is 0 Å². The molecule has 2 aliphatic rings. The number of carbonyl (C=O) groups is 2. The topological polar surface area (TPSA) is 72.8 Å². The van der Waals surface area contributed by atoms with Crippen LogP contribution in [0.15, 0.2) is 46.7 Å². The van der Waals surface area contributed by atoms with E-state index in [1.165, 1.54) is 25.1 Å². The lowest BCUT2D eigenvalue weighted by Gasteiger charge is -2.27. The van der Waals surface area contributed by atoms with E-state index in [9.17, 15) is 27.9 Å². The second kappa shape index (κ2) is 6.51. The average Bonchev–Trinajstić information content (AvgIpc) is 2.93. The summed E-state index contributed by atoms with van der Waals surface area (Å²) in [6.45, 7) is 1.38. The minimum atomic E-state index is -4.70. The highest BCUT2D eigenvalue weighted by molar-refractivity contribution is 6.01. The summed E-state index contributed by atoms with van der Waals surface area (Å²) < 4.78 is 50.3. The molecule has 1 aliphatic carbocycles. The molecule has 1 heterocycles. The molecule has 0 saturated carbocycles. The zero-order chi connectivity index (χ0) is 19.1. The first-order chi connectivity index (χ1) is 12.3. The standard InChI is InChI=1S/C18H15F3O5/c1-2-25-17(24)15-12(22)7-9-8-26-16(23)13(9)14(15)10-5-3-4-6-11(10)18(19,20)21/h3-6,14,22H,2,7-8H2,1H3. The lowest BCUT2D eigenvalue weighted by atomic mass is 9.76. The van der Waals surface area contributed by atoms with Gasteiger partial charge in [-0.3, -0.25) is 0 Å². The van der Waals surface area contributed by atoms with Gasteiger partial charge in [0.25, 0.3) is 0 Å². The number of ether oxygens (including phenoxy) is 2. The summed E-state index contributed by atoms with van der Waals surface area (Å²) in [6, 6.07) is 4.64. The van der Waals surface area contributed by atoms with Crippen LogP contribution in [0, 0.1) is 0 Å². The van der Waals surface area contributed by atoms with Gasteiger partial charge in [0.1, 0.15) is 12.4 Å². The number of halogens is 3. The van der Waals surface area contributed by atoms with E-state index in [1.807, 2.05) is 0 Å². The quantitative estimate of drug-likeness (QED) is 0.828. The number of carbonyl (C=O) groups excluding carboxylic acids is 2. The van der Waals surface area contributed by atoms with E-state index in [0.29, 0.717) is 5.57 Å². The Morgan fingerprint density at radius 3 is 2.69 bits per heavy atom. The van der Waals surface area contributed by atoms with Gasteiger partial charge in [-0.1, -0.05) is 18.2 Å². The summed E-state index contributed by atoms with van der Waals surface area (Å²) >= 11 is 0. The van der Waals surface area contributed by atoms with E-state index in [2.05, 4.69) is 0 Å². The second-order valence-electron chi connectivity index (χ2n) is 5.87. The number of esters is 2. The van der Waals surface area contributed by atoms with Gasteiger partial charge in [0.2, 0.25) is 0 Å². The summed E-state index contributed by atoms with van der Waals surface area (Å²) in [4.78, 5) is 24.5. The van der Waals surface area contributed by atoms with Crippen molar-refractivity contribution in [3.05, 3.63) is 57.9 Å². The van der Waals surface area contributed by atoms with Crippen molar-refractivity contribution < 1.29 is 37.3 Å². The highest BCUT2D eigenvalue weighted by atomic mass is 19.4. The Hall–Kier alpha value is -2.77. The molecule has 8 heteroatoms. The molecule has 1 unspecified atom stereocenters. The number of aliphatic hydroxyl groups is 1. The smallest absolute Gasteiger partial charge is 0.416 e. The molecule has 5 nitrogen and oxygen atoms in total. The largest absolute Gasteiger partial charge is 0.511 e. The van der Waals surface area contributed by atoms with Gasteiger partial charge in [-0.05, 0) is 24.1 Å². The van der Waals surface area contributed by atoms with Crippen molar-refractivity contribution in [1.29, 1.82) is 0 Å². The first kappa shape index (κ1) is 18.0. The normalized spacial score (nSPS) is 20.2. The van der Waals surface area contributed by atoms with Gasteiger partial charge in [-0.25, -0.2) is 9.59 Å². The van der Waals surface area contributed by atoms with Crippen LogP contribution in [-0.4, -0.2) is 30.3 Å². The van der Waals surface area contributed by atoms with Gasteiger partial charge in [0, 0.05) is 6.42 Å². The first-order valence-corrected chi connectivity index (χ1v) is 7.90. The minimum Gasteiger partial charge on any atom is -0.511 e. The van der Waals surface area contributed by atoms with Crippen LogP contribution in [-0.2, 0) is 25.2 Å². The van der Waals surface area contributed by atoms with Gasteiger partial charge < -0.3 is 14.6 Å². The molecule has 0 spiro atoms. The number of allylic oxidation sites excluding steroid dienone is 1. The Labute approximate surface area is 146 Å². The zero-order valence-corrected chi connectivity index (χ0v) is 13.7. The minimum absolute atomic E-state index is 0.0282. The predicted octanol–water partition coefficient (Wildman–Crippen LogP) is 3.42. The Kier molecular flexibility index (Phi) is 4.52. The predicted molar refractivity (Wildman–Crippen MR) is 83.1 cm³/mol. The number of benzene rings is 1. The van der Waals surface area contributed by atoms with Crippen LogP contribution in [0.25, 0.3) is 0 Å². The van der Waals surface area contributed by atoms with Crippen molar-refractivity contribution in [1.82, 2.24) is 0 Å². The van der Waals surface area contributed by atoms with Crippen LogP contribution in [0.1, 0.15) is 30.4 Å². The molecule has 1 aromatic carbocycles. The molecule has 1 atom stereocenters. The van der Waals surface area contributed by atoms with E-state index in [-0.39, 0.29) is 36.3 Å². The monoisotopic (exact) mass is 368 g/mol. The molecule has 0 saturated heterocycles. The summed E-state index contributed by atoms with van der Waals surface area (Å²) in [7, 11) is 0. The van der Waals surface area contributed by atoms with Crippen molar-refractivity contribution >= 4 is 11.9 Å². The number of alkyl halides is 3. The van der Waals surface area contributed by atoms with E-state index < -0.39 is 35.4 Å². The van der Waals surface area contributed by atoms with E-state index in [1.54, 1.807) is 0 Å². The SMILES string of the molecule is CCOC(=O)C1=C(O)CC2=C(C(=O)OC2)C1c1ccccc1C(F)(F)F. The molecular formula is C18H15F3O5. The maximum Gasteiger partial charge on any atom is 0.416 e. The fourth-order valence-corrected chi connectivity index (χ4v) is 3.29. The van der Waals surface area contributed by atoms with Gasteiger partial charge in [0.05, 0.1) is 29.2 Å². The zero-order valence-electron chi connectivity index (χ0n) is 13.7. The number of aliphatic hydroxyl groups excluding tert-OH is 1. The Bertz CT molecular complexity index is 835. The molecule has 0 fully saturated rings. The first-order valence-electron chi connectivity index (χ1n) is 7.90. The van der Waals surface area contributed by atoms with Gasteiger partial charge >= 0.3 is 18.1 Å². The van der Waals surface area contributed by atoms with E-state index in [0.717, 1.165) is 6.07 Å². The van der Waals surface area contributed by atoms with Gasteiger partial charge in [-0.15, -0.1) is 0 Å². The molecule has 3 rings (SSSR count). The maximum atomic E-state index is 13.5. The number of rotatable bonds is 3. The van der Waals surface area contributed by atoms with Crippen LogP contribution in [0.2, 0.25) is 0 Å². The van der Waals surface area contributed by atoms with Gasteiger partial charge in [0.15, 0.2) is 0 Å². The summed E-state index contributed by atoms with van der Waals surface area (Å²) in [5.41, 5.74) is -1.33. The number of hydrogen-bond acceptors (Lipinski definition) is 5. The fourth-order valence-electron chi connectivity index (χ4n) is 3.29. The fraction of sp³-hybridized carbons (Fsp3) is 0.333.